The lowest BCUT2D eigenvalue weighted by Gasteiger charge is -2.15. The van der Waals surface area contributed by atoms with Crippen LogP contribution in [0.3, 0.4) is 0 Å². The molecule has 0 bridgehead atoms. The SMILES string of the molecule is COc1ccc(Cl)cc1NC(=O)CSc1nnc(NC(=O)C(C)(C)C)s1. The lowest BCUT2D eigenvalue weighted by Crippen LogP contribution is -2.27. The van der Waals surface area contributed by atoms with Crippen molar-refractivity contribution in [2.24, 2.45) is 5.41 Å². The quantitative estimate of drug-likeness (QED) is 0.549. The van der Waals surface area contributed by atoms with Crippen molar-refractivity contribution in [2.75, 3.05) is 23.5 Å². The van der Waals surface area contributed by atoms with Crippen molar-refractivity contribution < 1.29 is 14.3 Å². The number of nitrogens with zero attached hydrogens (tertiary/aromatic N) is 2. The third-order valence-electron chi connectivity index (χ3n) is 3.07. The monoisotopic (exact) mass is 414 g/mol. The molecular formula is C16H19ClN4O3S2. The van der Waals surface area contributed by atoms with Gasteiger partial charge in [0.2, 0.25) is 16.9 Å². The molecule has 1 heterocycles. The molecule has 7 nitrogen and oxygen atoms in total. The Morgan fingerprint density at radius 3 is 2.65 bits per heavy atom. The number of anilines is 2. The Morgan fingerprint density at radius 1 is 1.27 bits per heavy atom. The maximum atomic E-state index is 12.1. The van der Waals surface area contributed by atoms with Crippen molar-refractivity contribution in [3.05, 3.63) is 23.2 Å². The number of hydrogen-bond acceptors (Lipinski definition) is 7. The zero-order chi connectivity index (χ0) is 19.3. The first-order valence-corrected chi connectivity index (χ1v) is 9.78. The average molecular weight is 415 g/mol. The van der Waals surface area contributed by atoms with Crippen LogP contribution in [-0.2, 0) is 9.59 Å². The molecule has 26 heavy (non-hydrogen) atoms. The summed E-state index contributed by atoms with van der Waals surface area (Å²) in [5, 5.41) is 14.3. The summed E-state index contributed by atoms with van der Waals surface area (Å²) in [5.41, 5.74) is -0.0181. The molecule has 0 aliphatic heterocycles. The van der Waals surface area contributed by atoms with E-state index >= 15 is 0 Å². The van der Waals surface area contributed by atoms with Gasteiger partial charge in [-0.1, -0.05) is 55.5 Å². The van der Waals surface area contributed by atoms with E-state index in [0.29, 0.717) is 25.9 Å². The van der Waals surface area contributed by atoms with E-state index in [0.717, 1.165) is 0 Å². The molecule has 0 saturated heterocycles. The van der Waals surface area contributed by atoms with E-state index in [9.17, 15) is 9.59 Å². The van der Waals surface area contributed by atoms with Gasteiger partial charge in [0.1, 0.15) is 5.75 Å². The molecule has 2 aromatic rings. The molecule has 2 N–H and O–H groups in total. The maximum absolute atomic E-state index is 12.1. The highest BCUT2D eigenvalue weighted by atomic mass is 35.5. The minimum absolute atomic E-state index is 0.136. The van der Waals surface area contributed by atoms with Crippen molar-refractivity contribution in [1.82, 2.24) is 10.2 Å². The van der Waals surface area contributed by atoms with E-state index < -0.39 is 5.41 Å². The number of nitrogens with one attached hydrogen (secondary N) is 2. The molecule has 0 fully saturated rings. The van der Waals surface area contributed by atoms with E-state index in [1.165, 1.54) is 30.2 Å². The topological polar surface area (TPSA) is 93.2 Å². The van der Waals surface area contributed by atoms with Gasteiger partial charge in [-0.25, -0.2) is 0 Å². The van der Waals surface area contributed by atoms with Crippen LogP contribution in [0.2, 0.25) is 5.02 Å². The molecule has 1 aromatic carbocycles. The predicted octanol–water partition coefficient (Wildman–Crippen LogP) is 3.92. The summed E-state index contributed by atoms with van der Waals surface area (Å²) in [6.45, 7) is 5.44. The molecule has 0 spiro atoms. The summed E-state index contributed by atoms with van der Waals surface area (Å²) in [5.74, 6) is 0.287. The zero-order valence-electron chi connectivity index (χ0n) is 14.8. The number of carbonyl (C=O) groups is 2. The fourth-order valence-electron chi connectivity index (χ4n) is 1.69. The first-order chi connectivity index (χ1) is 12.2. The number of methoxy groups -OCH3 is 1. The summed E-state index contributed by atoms with van der Waals surface area (Å²) in [4.78, 5) is 24.1. The van der Waals surface area contributed by atoms with Crippen LogP contribution in [0.5, 0.6) is 5.75 Å². The standard InChI is InChI=1S/C16H19ClN4O3S2/c1-16(2,3)13(23)19-14-20-21-15(26-14)25-8-12(22)18-10-7-9(17)5-6-11(10)24-4/h5-7H,8H2,1-4H3,(H,18,22)(H,19,20,23). The Labute approximate surface area is 164 Å². The zero-order valence-corrected chi connectivity index (χ0v) is 17.1. The second-order valence-corrected chi connectivity index (χ2v) is 8.90. The van der Waals surface area contributed by atoms with E-state index in [-0.39, 0.29) is 17.6 Å². The van der Waals surface area contributed by atoms with Gasteiger partial charge in [-0.05, 0) is 18.2 Å². The molecule has 0 saturated carbocycles. The fraction of sp³-hybridized carbons (Fsp3) is 0.375. The van der Waals surface area contributed by atoms with Gasteiger partial charge >= 0.3 is 0 Å². The normalized spacial score (nSPS) is 11.1. The Kier molecular flexibility index (Phi) is 6.85. The first kappa shape index (κ1) is 20.5. The van der Waals surface area contributed by atoms with E-state index in [2.05, 4.69) is 20.8 Å². The molecule has 0 aliphatic carbocycles. The summed E-state index contributed by atoms with van der Waals surface area (Å²) < 4.78 is 5.78. The minimum Gasteiger partial charge on any atom is -0.495 e. The highest BCUT2D eigenvalue weighted by Crippen LogP contribution is 2.29. The van der Waals surface area contributed by atoms with Crippen LogP contribution in [-0.4, -0.2) is 34.9 Å². The molecule has 0 atom stereocenters. The van der Waals surface area contributed by atoms with Crippen LogP contribution >= 0.6 is 34.7 Å². The van der Waals surface area contributed by atoms with Crippen LogP contribution in [0.4, 0.5) is 10.8 Å². The number of benzene rings is 1. The van der Waals surface area contributed by atoms with Crippen molar-refractivity contribution in [3.63, 3.8) is 0 Å². The molecule has 1 aromatic heterocycles. The Bertz CT molecular complexity index is 805. The summed E-state index contributed by atoms with van der Waals surface area (Å²) in [6.07, 6.45) is 0. The predicted molar refractivity (Wildman–Crippen MR) is 105 cm³/mol. The number of ether oxygens (including phenoxy) is 1. The van der Waals surface area contributed by atoms with Gasteiger partial charge < -0.3 is 15.4 Å². The largest absolute Gasteiger partial charge is 0.495 e. The summed E-state index contributed by atoms with van der Waals surface area (Å²) in [6, 6.07) is 4.98. The van der Waals surface area contributed by atoms with Crippen molar-refractivity contribution in [1.29, 1.82) is 0 Å². The second kappa shape index (κ2) is 8.70. The summed E-state index contributed by atoms with van der Waals surface area (Å²) >= 11 is 8.39. The molecule has 0 unspecified atom stereocenters. The van der Waals surface area contributed by atoms with Gasteiger partial charge in [0, 0.05) is 10.4 Å². The first-order valence-electron chi connectivity index (χ1n) is 7.60. The number of halogens is 1. The third kappa shape index (κ3) is 5.86. The Hall–Kier alpha value is -1.84. The smallest absolute Gasteiger partial charge is 0.234 e. The lowest BCUT2D eigenvalue weighted by atomic mass is 9.96. The van der Waals surface area contributed by atoms with Gasteiger partial charge in [0.05, 0.1) is 18.6 Å². The number of aromatic nitrogens is 2. The molecular weight excluding hydrogens is 396 g/mol. The molecule has 2 amide bonds. The third-order valence-corrected chi connectivity index (χ3v) is 5.28. The minimum atomic E-state index is -0.519. The Balaban J connectivity index is 1.90. The summed E-state index contributed by atoms with van der Waals surface area (Å²) in [7, 11) is 1.52. The van der Waals surface area contributed by atoms with Crippen molar-refractivity contribution >= 4 is 57.3 Å². The number of amides is 2. The lowest BCUT2D eigenvalue weighted by molar-refractivity contribution is -0.123. The van der Waals surface area contributed by atoms with Crippen LogP contribution in [0.25, 0.3) is 0 Å². The Morgan fingerprint density at radius 2 is 2.00 bits per heavy atom. The van der Waals surface area contributed by atoms with Gasteiger partial charge in [0.25, 0.3) is 0 Å². The van der Waals surface area contributed by atoms with E-state index in [4.69, 9.17) is 16.3 Å². The number of carbonyl (C=O) groups excluding carboxylic acids is 2. The van der Waals surface area contributed by atoms with Crippen molar-refractivity contribution in [3.8, 4) is 5.75 Å². The maximum Gasteiger partial charge on any atom is 0.234 e. The van der Waals surface area contributed by atoms with Gasteiger partial charge in [0.15, 0.2) is 4.34 Å². The average Bonchev–Trinajstić information content (AvgIpc) is 3.00. The van der Waals surface area contributed by atoms with Gasteiger partial charge in [-0.2, -0.15) is 0 Å². The van der Waals surface area contributed by atoms with E-state index in [1.807, 2.05) is 20.8 Å². The van der Waals surface area contributed by atoms with Crippen LogP contribution < -0.4 is 15.4 Å². The number of hydrogen-bond donors (Lipinski definition) is 2. The second-order valence-electron chi connectivity index (χ2n) is 6.26. The van der Waals surface area contributed by atoms with Crippen LogP contribution in [0.1, 0.15) is 20.8 Å². The van der Waals surface area contributed by atoms with Gasteiger partial charge in [-0.3, -0.25) is 9.59 Å². The molecule has 0 aliphatic rings. The molecule has 0 radical (unpaired) electrons. The fourth-order valence-corrected chi connectivity index (χ4v) is 3.41. The molecule has 140 valence electrons. The number of rotatable bonds is 6. The highest BCUT2D eigenvalue weighted by molar-refractivity contribution is 8.01. The molecule has 10 heteroatoms. The van der Waals surface area contributed by atoms with E-state index in [1.54, 1.807) is 18.2 Å². The van der Waals surface area contributed by atoms with Crippen LogP contribution in [0, 0.1) is 5.41 Å². The highest BCUT2D eigenvalue weighted by Gasteiger charge is 2.22. The van der Waals surface area contributed by atoms with Crippen LogP contribution in [0.15, 0.2) is 22.5 Å². The van der Waals surface area contributed by atoms with Gasteiger partial charge in [-0.15, -0.1) is 10.2 Å². The number of thioether (sulfide) groups is 1. The van der Waals surface area contributed by atoms with Crippen molar-refractivity contribution in [2.45, 2.75) is 25.1 Å². The molecule has 2 rings (SSSR count).